The molecule has 0 spiro atoms. The van der Waals surface area contributed by atoms with Gasteiger partial charge in [0, 0.05) is 24.5 Å². The van der Waals surface area contributed by atoms with Crippen molar-refractivity contribution in [3.05, 3.63) is 16.1 Å². The Labute approximate surface area is 180 Å². The van der Waals surface area contributed by atoms with Crippen LogP contribution in [0.1, 0.15) is 63.1 Å². The fourth-order valence-corrected chi connectivity index (χ4v) is 4.55. The second-order valence-corrected chi connectivity index (χ2v) is 8.86. The molecule has 0 amide bonds. The molecule has 0 radical (unpaired) electrons. The number of likely N-dealkylation sites (N-methyl/N-ethyl adjacent to an activating group) is 1. The van der Waals surface area contributed by atoms with Gasteiger partial charge in [-0.05, 0) is 38.8 Å². The zero-order valence-corrected chi connectivity index (χ0v) is 20.3. The van der Waals surface area contributed by atoms with E-state index in [4.69, 9.17) is 0 Å². The van der Waals surface area contributed by atoms with Crippen LogP contribution in [-0.2, 0) is 6.54 Å². The van der Waals surface area contributed by atoms with Crippen molar-refractivity contribution >= 4 is 41.3 Å². The maximum Gasteiger partial charge on any atom is 0.191 e. The quantitative estimate of drug-likeness (QED) is 0.357. The minimum atomic E-state index is 0. The van der Waals surface area contributed by atoms with Gasteiger partial charge in [-0.15, -0.1) is 35.3 Å². The first-order valence-electron chi connectivity index (χ1n) is 9.42. The molecule has 2 unspecified atom stereocenters. The maximum absolute atomic E-state index is 4.68. The molecule has 1 fully saturated rings. The lowest BCUT2D eigenvalue weighted by Crippen LogP contribution is -2.56. The lowest BCUT2D eigenvalue weighted by molar-refractivity contribution is 0.0795. The van der Waals surface area contributed by atoms with Crippen LogP contribution in [-0.4, -0.2) is 49.1 Å². The molecule has 2 atom stereocenters. The molecular formula is C19H36IN5S. The average Bonchev–Trinajstić information content (AvgIpc) is 3.04. The number of aromatic nitrogens is 1. The monoisotopic (exact) mass is 493 g/mol. The molecular weight excluding hydrogens is 457 g/mol. The fraction of sp³-hybridized carbons (Fsp3) is 0.789. The highest BCUT2D eigenvalue weighted by atomic mass is 127. The molecule has 2 N–H and O–H groups in total. The van der Waals surface area contributed by atoms with Crippen molar-refractivity contribution in [2.45, 2.75) is 64.5 Å². The fourth-order valence-electron chi connectivity index (χ4n) is 3.66. The molecule has 2 rings (SSSR count). The largest absolute Gasteiger partial charge is 0.355 e. The second-order valence-electron chi connectivity index (χ2n) is 7.92. The number of hydrogen-bond donors (Lipinski definition) is 2. The number of thiazole rings is 1. The predicted octanol–water partition coefficient (Wildman–Crippen LogP) is 4.06. The molecule has 1 aromatic rings. The topological polar surface area (TPSA) is 52.6 Å². The van der Waals surface area contributed by atoms with Gasteiger partial charge in [0.1, 0.15) is 5.01 Å². The predicted molar refractivity (Wildman–Crippen MR) is 124 cm³/mol. The van der Waals surface area contributed by atoms with E-state index in [0.717, 1.165) is 30.0 Å². The van der Waals surface area contributed by atoms with Crippen LogP contribution in [0.25, 0.3) is 0 Å². The second kappa shape index (κ2) is 10.8. The first kappa shape index (κ1) is 23.6. The van der Waals surface area contributed by atoms with Gasteiger partial charge in [0.15, 0.2) is 5.96 Å². The van der Waals surface area contributed by atoms with Crippen molar-refractivity contribution in [1.29, 1.82) is 0 Å². The molecule has 1 aliphatic rings. The third-order valence-electron chi connectivity index (χ3n) is 5.39. The van der Waals surface area contributed by atoms with E-state index in [0.29, 0.717) is 5.92 Å². The summed E-state index contributed by atoms with van der Waals surface area (Å²) in [6.07, 6.45) is 5.15. The number of aliphatic imine (C=N–C) groups is 1. The Morgan fingerprint density at radius 1 is 1.42 bits per heavy atom. The molecule has 150 valence electrons. The highest BCUT2D eigenvalue weighted by Gasteiger charge is 2.36. The summed E-state index contributed by atoms with van der Waals surface area (Å²) in [6.45, 7) is 8.39. The van der Waals surface area contributed by atoms with Gasteiger partial charge in [-0.3, -0.25) is 4.99 Å². The maximum atomic E-state index is 4.68. The number of halogens is 1. The summed E-state index contributed by atoms with van der Waals surface area (Å²) < 4.78 is 0. The van der Waals surface area contributed by atoms with Crippen LogP contribution < -0.4 is 10.6 Å². The van der Waals surface area contributed by atoms with Gasteiger partial charge in [-0.25, -0.2) is 4.98 Å². The Morgan fingerprint density at radius 3 is 2.69 bits per heavy atom. The van der Waals surface area contributed by atoms with Crippen molar-refractivity contribution in [2.24, 2.45) is 10.9 Å². The minimum Gasteiger partial charge on any atom is -0.355 e. The Bertz CT molecular complexity index is 572. The SMILES string of the molecule is CN=C(NCc1nc(C(C)C)cs1)NCC1(N(C)C)CCCC(C)C1.I. The lowest BCUT2D eigenvalue weighted by atomic mass is 9.75. The lowest BCUT2D eigenvalue weighted by Gasteiger charge is -2.45. The minimum absolute atomic E-state index is 0. The van der Waals surface area contributed by atoms with Crippen LogP contribution in [0.3, 0.4) is 0 Å². The molecule has 1 aromatic heterocycles. The summed E-state index contributed by atoms with van der Waals surface area (Å²) in [4.78, 5) is 11.5. The number of nitrogens with one attached hydrogen (secondary N) is 2. The standard InChI is InChI=1S/C19H35N5S.HI/c1-14(2)16-12-25-17(23-16)11-21-18(20-4)22-13-19(24(5)6)9-7-8-15(3)10-19;/h12,14-15H,7-11,13H2,1-6H3,(H2,20,21,22);1H. The van der Waals surface area contributed by atoms with Crippen molar-refractivity contribution in [1.82, 2.24) is 20.5 Å². The Morgan fingerprint density at radius 2 is 2.15 bits per heavy atom. The molecule has 0 aliphatic heterocycles. The number of rotatable bonds is 6. The summed E-state index contributed by atoms with van der Waals surface area (Å²) in [7, 11) is 6.25. The Hall–Kier alpha value is -0.410. The summed E-state index contributed by atoms with van der Waals surface area (Å²) >= 11 is 1.72. The van der Waals surface area contributed by atoms with Gasteiger partial charge in [-0.1, -0.05) is 33.6 Å². The molecule has 26 heavy (non-hydrogen) atoms. The van der Waals surface area contributed by atoms with E-state index in [-0.39, 0.29) is 29.5 Å². The van der Waals surface area contributed by atoms with Crippen LogP contribution in [0.4, 0.5) is 0 Å². The van der Waals surface area contributed by atoms with Crippen molar-refractivity contribution in [3.63, 3.8) is 0 Å². The highest BCUT2D eigenvalue weighted by Crippen LogP contribution is 2.35. The molecule has 1 aliphatic carbocycles. The number of guanidine groups is 1. The summed E-state index contributed by atoms with van der Waals surface area (Å²) in [5.74, 6) is 2.13. The van der Waals surface area contributed by atoms with E-state index in [9.17, 15) is 0 Å². The number of nitrogens with zero attached hydrogens (tertiary/aromatic N) is 3. The van der Waals surface area contributed by atoms with Gasteiger partial charge in [0.05, 0.1) is 12.2 Å². The smallest absolute Gasteiger partial charge is 0.191 e. The van der Waals surface area contributed by atoms with E-state index >= 15 is 0 Å². The molecule has 5 nitrogen and oxygen atoms in total. The van der Waals surface area contributed by atoms with Gasteiger partial charge in [0.2, 0.25) is 0 Å². The molecule has 1 heterocycles. The zero-order valence-electron chi connectivity index (χ0n) is 17.1. The normalized spacial score (nSPS) is 23.8. The van der Waals surface area contributed by atoms with E-state index < -0.39 is 0 Å². The zero-order chi connectivity index (χ0) is 18.4. The van der Waals surface area contributed by atoms with Crippen molar-refractivity contribution in [2.75, 3.05) is 27.7 Å². The van der Waals surface area contributed by atoms with E-state index in [1.165, 1.54) is 31.4 Å². The first-order valence-corrected chi connectivity index (χ1v) is 10.3. The molecule has 0 saturated heterocycles. The summed E-state index contributed by atoms with van der Waals surface area (Å²) in [5, 5.41) is 10.2. The molecule has 1 saturated carbocycles. The average molecular weight is 494 g/mol. The van der Waals surface area contributed by atoms with E-state index in [1.54, 1.807) is 11.3 Å². The highest BCUT2D eigenvalue weighted by molar-refractivity contribution is 14.0. The molecule has 7 heteroatoms. The van der Waals surface area contributed by atoms with Crippen LogP contribution in [0.5, 0.6) is 0 Å². The first-order chi connectivity index (χ1) is 11.9. The van der Waals surface area contributed by atoms with Gasteiger partial charge in [0.25, 0.3) is 0 Å². The van der Waals surface area contributed by atoms with E-state index in [2.05, 4.69) is 65.8 Å². The third kappa shape index (κ3) is 6.34. The van der Waals surface area contributed by atoms with Crippen LogP contribution >= 0.6 is 35.3 Å². The van der Waals surface area contributed by atoms with Gasteiger partial charge < -0.3 is 15.5 Å². The van der Waals surface area contributed by atoms with Crippen LogP contribution in [0.2, 0.25) is 0 Å². The van der Waals surface area contributed by atoms with Crippen molar-refractivity contribution in [3.8, 4) is 0 Å². The Balaban J connectivity index is 0.00000338. The third-order valence-corrected chi connectivity index (χ3v) is 6.26. The van der Waals surface area contributed by atoms with Crippen LogP contribution in [0, 0.1) is 5.92 Å². The van der Waals surface area contributed by atoms with Gasteiger partial charge in [-0.2, -0.15) is 0 Å². The van der Waals surface area contributed by atoms with E-state index in [1.807, 2.05) is 7.05 Å². The Kier molecular flexibility index (Phi) is 9.82. The van der Waals surface area contributed by atoms with Crippen LogP contribution in [0.15, 0.2) is 10.4 Å². The molecule has 0 bridgehead atoms. The molecule has 0 aromatic carbocycles. The number of hydrogen-bond acceptors (Lipinski definition) is 4. The summed E-state index contributed by atoms with van der Waals surface area (Å²) in [5.41, 5.74) is 1.40. The van der Waals surface area contributed by atoms with Crippen molar-refractivity contribution < 1.29 is 0 Å². The summed E-state index contributed by atoms with van der Waals surface area (Å²) in [6, 6.07) is 0. The van der Waals surface area contributed by atoms with Gasteiger partial charge >= 0.3 is 0 Å².